The zero-order valence-electron chi connectivity index (χ0n) is 41.5. The molecule has 0 saturated heterocycles. The summed E-state index contributed by atoms with van der Waals surface area (Å²) in [4.78, 5) is 10.7. The molecule has 0 amide bonds. The predicted molar refractivity (Wildman–Crippen MR) is 274 cm³/mol. The molecule has 0 atom stereocenters. The molecule has 0 unspecified atom stereocenters. The van der Waals surface area contributed by atoms with Crippen LogP contribution in [0.15, 0.2) is 30.5 Å². The van der Waals surface area contributed by atoms with Gasteiger partial charge in [0, 0.05) is 0 Å². The Morgan fingerprint density at radius 3 is 1.02 bits per heavy atom. The maximum atomic E-state index is 5.71. The number of rotatable bonds is 44. The average molecular weight is 936 g/mol. The molecule has 60 heavy (non-hydrogen) atoms. The van der Waals surface area contributed by atoms with E-state index in [0.717, 1.165) is 5.69 Å². The van der Waals surface area contributed by atoms with E-state index in [-0.39, 0.29) is 0 Å². The first kappa shape index (κ1) is 55.2. The summed E-state index contributed by atoms with van der Waals surface area (Å²) in [5, 5.41) is 0. The van der Waals surface area contributed by atoms with Gasteiger partial charge in [0.15, 0.2) is 0 Å². The second kappa shape index (κ2) is 39.7. The van der Waals surface area contributed by atoms with Crippen molar-refractivity contribution in [2.75, 3.05) is 0 Å². The number of pyridine rings is 2. The quantitative estimate of drug-likeness (QED) is 0.0489. The van der Waals surface area contributed by atoms with E-state index in [9.17, 15) is 0 Å². The molecule has 0 aliphatic heterocycles. The normalized spacial score (nSPS) is 11.9. The summed E-state index contributed by atoms with van der Waals surface area (Å²) in [5.74, 6) is 0. The Morgan fingerprint density at radius 1 is 0.333 bits per heavy atom. The minimum absolute atomic E-state index is 1.13. The number of aryl methyl sites for hydroxylation is 2. The van der Waals surface area contributed by atoms with Gasteiger partial charge in [0.2, 0.25) is 0 Å². The molecular formula is C57H104N2Sn. The van der Waals surface area contributed by atoms with Gasteiger partial charge < -0.3 is 0 Å². The van der Waals surface area contributed by atoms with Crippen LogP contribution in [0.5, 0.6) is 0 Å². The predicted octanol–water partition coefficient (Wildman–Crippen LogP) is 19.4. The van der Waals surface area contributed by atoms with Crippen molar-refractivity contribution in [3.63, 3.8) is 0 Å². The summed E-state index contributed by atoms with van der Waals surface area (Å²) >= 11 is -2.71. The molecule has 3 heteroatoms. The van der Waals surface area contributed by atoms with Crippen molar-refractivity contribution >= 4 is 22.1 Å². The molecule has 2 rings (SSSR count). The van der Waals surface area contributed by atoms with Crippen LogP contribution in [0.3, 0.4) is 0 Å². The SMILES string of the molecule is CCCCCCCCCCCCCCCCCCCc1ccnc(-c2cc(CCCCCCCCCCCCCCCC)c[c]([Sn]([CH2]CCC)([CH2]CCC)[CH2]CCC)n2)c1. The molecule has 0 bridgehead atoms. The van der Waals surface area contributed by atoms with E-state index in [2.05, 4.69) is 65.1 Å². The van der Waals surface area contributed by atoms with Gasteiger partial charge in [0.05, 0.1) is 0 Å². The summed E-state index contributed by atoms with van der Waals surface area (Å²) in [6.45, 7) is 11.8. The average Bonchev–Trinajstić information content (AvgIpc) is 3.27. The first-order valence-electron chi connectivity index (χ1n) is 27.6. The van der Waals surface area contributed by atoms with Crippen LogP contribution in [-0.4, -0.2) is 28.3 Å². The first-order chi connectivity index (χ1) is 29.6. The van der Waals surface area contributed by atoms with Crippen LogP contribution in [0.4, 0.5) is 0 Å². The standard InChI is InChI=1S/C45H77N2.3C4H9.Sn/c1-3-5-7-9-11-13-15-17-19-20-21-23-25-27-29-31-33-35-43-37-39-47-45(41-43)44-40-42(36-38-46-44)34-32-30-28-26-24-22-18-16-14-12-10-8-6-4-2;3*1-3-4-2;/h36-37,39-41H,3-35H2,1-2H3;3*1,3-4H2,2H3;. The van der Waals surface area contributed by atoms with E-state index >= 15 is 0 Å². The van der Waals surface area contributed by atoms with E-state index in [0.29, 0.717) is 0 Å². The van der Waals surface area contributed by atoms with E-state index in [1.807, 2.05) is 0 Å². The fraction of sp³-hybridized carbons (Fsp3) is 0.825. The van der Waals surface area contributed by atoms with Crippen LogP contribution < -0.4 is 3.71 Å². The third kappa shape index (κ3) is 27.3. The first-order valence-corrected chi connectivity index (χ1v) is 35.1. The van der Waals surface area contributed by atoms with Gasteiger partial charge in [-0.15, -0.1) is 0 Å². The summed E-state index contributed by atoms with van der Waals surface area (Å²) in [6.07, 6.45) is 56.7. The zero-order chi connectivity index (χ0) is 43.0. The summed E-state index contributed by atoms with van der Waals surface area (Å²) in [6, 6.07) is 9.81. The van der Waals surface area contributed by atoms with Crippen molar-refractivity contribution in [3.8, 4) is 11.4 Å². The second-order valence-electron chi connectivity index (χ2n) is 19.6. The number of unbranched alkanes of at least 4 members (excludes halogenated alkanes) is 32. The molecule has 2 nitrogen and oxygen atoms in total. The minimum atomic E-state index is -2.71. The van der Waals surface area contributed by atoms with Crippen LogP contribution in [0.25, 0.3) is 11.4 Å². The van der Waals surface area contributed by atoms with Crippen molar-refractivity contribution in [3.05, 3.63) is 41.6 Å². The van der Waals surface area contributed by atoms with Crippen LogP contribution in [0.1, 0.15) is 283 Å². The van der Waals surface area contributed by atoms with Gasteiger partial charge in [-0.25, -0.2) is 0 Å². The van der Waals surface area contributed by atoms with E-state index < -0.39 is 18.4 Å². The molecular weight excluding hydrogens is 831 g/mol. The van der Waals surface area contributed by atoms with Crippen molar-refractivity contribution < 1.29 is 0 Å². The van der Waals surface area contributed by atoms with Gasteiger partial charge in [0.1, 0.15) is 0 Å². The van der Waals surface area contributed by atoms with Crippen LogP contribution >= 0.6 is 0 Å². The Kier molecular flexibility index (Phi) is 36.5. The third-order valence-electron chi connectivity index (χ3n) is 13.9. The van der Waals surface area contributed by atoms with Gasteiger partial charge in [-0.1, -0.05) is 129 Å². The fourth-order valence-electron chi connectivity index (χ4n) is 9.79. The topological polar surface area (TPSA) is 25.8 Å². The molecule has 346 valence electrons. The Labute approximate surface area is 381 Å². The summed E-state index contributed by atoms with van der Waals surface area (Å²) in [5.41, 5.74) is 5.33. The van der Waals surface area contributed by atoms with Gasteiger partial charge in [-0.2, -0.15) is 0 Å². The number of hydrogen-bond donors (Lipinski definition) is 0. The van der Waals surface area contributed by atoms with E-state index in [1.165, 1.54) is 275 Å². The molecule has 0 aromatic carbocycles. The van der Waals surface area contributed by atoms with Crippen molar-refractivity contribution in [1.29, 1.82) is 0 Å². The Bertz CT molecular complexity index is 1200. The van der Waals surface area contributed by atoms with Gasteiger partial charge in [-0.05, 0) is 0 Å². The zero-order valence-corrected chi connectivity index (χ0v) is 44.3. The van der Waals surface area contributed by atoms with E-state index in [4.69, 9.17) is 9.97 Å². The number of hydrogen-bond acceptors (Lipinski definition) is 2. The number of aromatic nitrogens is 2. The van der Waals surface area contributed by atoms with E-state index in [1.54, 1.807) is 9.27 Å². The molecule has 0 spiro atoms. The van der Waals surface area contributed by atoms with Crippen LogP contribution in [0.2, 0.25) is 13.3 Å². The Morgan fingerprint density at radius 2 is 0.650 bits per heavy atom. The van der Waals surface area contributed by atoms with Crippen LogP contribution in [-0.2, 0) is 12.8 Å². The van der Waals surface area contributed by atoms with Gasteiger partial charge in [0.25, 0.3) is 0 Å². The molecule has 0 fully saturated rings. The molecule has 2 aromatic rings. The van der Waals surface area contributed by atoms with Crippen molar-refractivity contribution in [1.82, 2.24) is 9.97 Å². The summed E-state index contributed by atoms with van der Waals surface area (Å²) < 4.78 is 6.03. The third-order valence-corrected chi connectivity index (χ3v) is 29.0. The Balaban J connectivity index is 1.92. The molecule has 0 radical (unpaired) electrons. The Hall–Kier alpha value is -0.901. The second-order valence-corrected chi connectivity index (χ2v) is 32.7. The van der Waals surface area contributed by atoms with Crippen LogP contribution in [0, 0.1) is 0 Å². The maximum absolute atomic E-state index is 5.71. The van der Waals surface area contributed by atoms with Gasteiger partial charge in [-0.3, -0.25) is 0 Å². The molecule has 0 saturated carbocycles. The van der Waals surface area contributed by atoms with Crippen molar-refractivity contribution in [2.45, 2.75) is 298 Å². The molecule has 0 aliphatic carbocycles. The fourth-order valence-corrected chi connectivity index (χ4v) is 25.4. The molecule has 2 heterocycles. The molecule has 0 N–H and O–H groups in total. The van der Waals surface area contributed by atoms with Crippen molar-refractivity contribution in [2.24, 2.45) is 0 Å². The van der Waals surface area contributed by atoms with Gasteiger partial charge >= 0.3 is 254 Å². The molecule has 2 aromatic heterocycles. The number of nitrogens with zero attached hydrogens (tertiary/aromatic N) is 2. The monoisotopic (exact) mass is 937 g/mol. The molecule has 0 aliphatic rings. The summed E-state index contributed by atoms with van der Waals surface area (Å²) in [7, 11) is 0.